The van der Waals surface area contributed by atoms with E-state index in [4.69, 9.17) is 9.47 Å². The van der Waals surface area contributed by atoms with Gasteiger partial charge in [0.2, 0.25) is 17.7 Å². The van der Waals surface area contributed by atoms with Gasteiger partial charge in [-0.1, -0.05) is 58.9 Å². The number of ether oxygens (including phenoxy) is 2. The van der Waals surface area contributed by atoms with Gasteiger partial charge in [0, 0.05) is 24.3 Å². The van der Waals surface area contributed by atoms with E-state index in [9.17, 15) is 19.5 Å². The first-order valence-electron chi connectivity index (χ1n) is 16.8. The minimum atomic E-state index is -1.38. The Balaban J connectivity index is 1.63. The summed E-state index contributed by atoms with van der Waals surface area (Å²) in [7, 11) is 0. The Morgan fingerprint density at radius 3 is 2.20 bits per heavy atom. The molecule has 9 heteroatoms. The standard InChI is InChI=1S/C37H53N3O6/c1-10-45-27-15-13-25(14-16-27)38-19-11-17-36(9)28(31(38)42)29-32(43)40(26(22-41)21-24(2)3)30-33(44)39(20-12-18-37(29,30)46-36)35(7,8)23-34(4,5)6/h11-18,24,26,28-30,41H,10,19-23H2,1-9H3/t26-,28-,29+,30?,36+,37+/m1/s1. The molecule has 6 atom stereocenters. The number of likely N-dealkylation sites (tertiary alicyclic amines) is 1. The molecular weight excluding hydrogens is 582 g/mol. The number of carbonyl (C=O) groups excluding carboxylic acids is 3. The molecule has 0 aliphatic carbocycles. The number of hydrogen-bond donors (Lipinski definition) is 1. The number of amides is 3. The van der Waals surface area contributed by atoms with Gasteiger partial charge in [0.25, 0.3) is 0 Å². The summed E-state index contributed by atoms with van der Waals surface area (Å²) in [6.07, 6.45) is 8.89. The van der Waals surface area contributed by atoms with Crippen molar-refractivity contribution in [2.45, 2.75) is 104 Å². The Kier molecular flexibility index (Phi) is 9.01. The second-order valence-corrected chi connectivity index (χ2v) is 15.9. The van der Waals surface area contributed by atoms with E-state index in [1.807, 2.05) is 81.2 Å². The molecule has 1 aromatic carbocycles. The summed E-state index contributed by atoms with van der Waals surface area (Å²) in [6.45, 7) is 19.4. The molecule has 3 amide bonds. The number of nitrogens with zero attached hydrogens (tertiary/aromatic N) is 3. The molecule has 1 aromatic rings. The van der Waals surface area contributed by atoms with Gasteiger partial charge in [-0.3, -0.25) is 14.4 Å². The largest absolute Gasteiger partial charge is 0.494 e. The summed E-state index contributed by atoms with van der Waals surface area (Å²) in [5.41, 5.74) is -2.40. The number of benzene rings is 1. The second-order valence-electron chi connectivity index (χ2n) is 15.9. The van der Waals surface area contributed by atoms with E-state index in [0.29, 0.717) is 37.6 Å². The van der Waals surface area contributed by atoms with Crippen molar-refractivity contribution < 1.29 is 29.0 Å². The predicted molar refractivity (Wildman–Crippen MR) is 178 cm³/mol. The van der Waals surface area contributed by atoms with Crippen molar-refractivity contribution in [1.29, 1.82) is 0 Å². The first-order chi connectivity index (χ1) is 21.5. The van der Waals surface area contributed by atoms with Crippen molar-refractivity contribution in [3.63, 3.8) is 0 Å². The molecule has 0 radical (unpaired) electrons. The van der Waals surface area contributed by atoms with E-state index in [0.717, 1.165) is 6.42 Å². The van der Waals surface area contributed by atoms with E-state index in [1.54, 1.807) is 9.80 Å². The molecule has 2 saturated heterocycles. The summed E-state index contributed by atoms with van der Waals surface area (Å²) in [6, 6.07) is 5.75. The summed E-state index contributed by atoms with van der Waals surface area (Å²) in [4.78, 5) is 49.8. The van der Waals surface area contributed by atoms with Crippen molar-refractivity contribution in [2.75, 3.05) is 31.2 Å². The van der Waals surface area contributed by atoms with Gasteiger partial charge in [0.15, 0.2) is 0 Å². The maximum atomic E-state index is 15.0. The molecule has 252 valence electrons. The summed E-state index contributed by atoms with van der Waals surface area (Å²) < 4.78 is 12.6. The van der Waals surface area contributed by atoms with E-state index < -0.39 is 40.7 Å². The van der Waals surface area contributed by atoms with E-state index in [1.165, 1.54) is 0 Å². The monoisotopic (exact) mass is 635 g/mol. The lowest BCUT2D eigenvalue weighted by Crippen LogP contribution is -2.62. The maximum absolute atomic E-state index is 15.0. The van der Waals surface area contributed by atoms with Crippen LogP contribution in [0, 0.1) is 23.2 Å². The first kappa shape index (κ1) is 34.2. The second kappa shape index (κ2) is 12.1. The predicted octanol–water partition coefficient (Wildman–Crippen LogP) is 4.98. The number of aliphatic hydroxyl groups excluding tert-OH is 1. The molecule has 0 bridgehead atoms. The molecule has 1 N–H and O–H groups in total. The lowest BCUT2D eigenvalue weighted by Gasteiger charge is -2.46. The van der Waals surface area contributed by atoms with Crippen LogP contribution < -0.4 is 9.64 Å². The molecule has 4 aliphatic rings. The molecule has 4 heterocycles. The number of anilines is 1. The van der Waals surface area contributed by atoms with Crippen molar-refractivity contribution in [3.05, 3.63) is 48.6 Å². The number of aliphatic hydroxyl groups is 1. The Morgan fingerprint density at radius 2 is 1.61 bits per heavy atom. The summed E-state index contributed by atoms with van der Waals surface area (Å²) in [5.74, 6) is -1.72. The molecule has 5 rings (SSSR count). The highest BCUT2D eigenvalue weighted by molar-refractivity contribution is 6.04. The fourth-order valence-electron chi connectivity index (χ4n) is 8.73. The average Bonchev–Trinajstić information content (AvgIpc) is 3.22. The SMILES string of the molecule is CCOc1ccc(N2CC=C[C@]3(C)O[C@]45C=CCN(C(C)(C)CC(C)(C)C)C(=O)C4N([C@@H](CO)CC(C)C)C(=O)[C@@H]5[C@@H]3C2=O)cc1. The van der Waals surface area contributed by atoms with Crippen LogP contribution in [0.5, 0.6) is 5.75 Å². The Hall–Kier alpha value is -3.17. The topological polar surface area (TPSA) is 99.6 Å². The smallest absolute Gasteiger partial charge is 0.249 e. The molecular formula is C37H53N3O6. The highest BCUT2D eigenvalue weighted by atomic mass is 16.5. The minimum Gasteiger partial charge on any atom is -0.494 e. The fraction of sp³-hybridized carbons (Fsp3) is 0.649. The van der Waals surface area contributed by atoms with Gasteiger partial charge in [0.05, 0.1) is 36.7 Å². The molecule has 1 spiro atoms. The number of carbonyl (C=O) groups is 3. The molecule has 1 unspecified atom stereocenters. The van der Waals surface area contributed by atoms with Gasteiger partial charge in [-0.2, -0.15) is 0 Å². The highest BCUT2D eigenvalue weighted by Gasteiger charge is 2.75. The number of rotatable bonds is 9. The molecule has 4 aliphatic heterocycles. The van der Waals surface area contributed by atoms with Crippen LogP contribution in [0.25, 0.3) is 0 Å². The Bertz CT molecular complexity index is 1390. The zero-order chi connectivity index (χ0) is 33.8. The first-order valence-corrected chi connectivity index (χ1v) is 16.8. The van der Waals surface area contributed by atoms with Gasteiger partial charge in [-0.25, -0.2) is 0 Å². The molecule has 46 heavy (non-hydrogen) atoms. The average molecular weight is 636 g/mol. The quantitative estimate of drug-likeness (QED) is 0.385. The van der Waals surface area contributed by atoms with E-state index in [-0.39, 0.29) is 35.7 Å². The van der Waals surface area contributed by atoms with Crippen LogP contribution in [0.15, 0.2) is 48.6 Å². The third-order valence-electron chi connectivity index (χ3n) is 10.00. The van der Waals surface area contributed by atoms with Crippen LogP contribution >= 0.6 is 0 Å². The molecule has 2 fully saturated rings. The van der Waals surface area contributed by atoms with Crippen LogP contribution in [-0.4, -0.2) is 87.8 Å². The van der Waals surface area contributed by atoms with E-state index in [2.05, 4.69) is 34.6 Å². The zero-order valence-electron chi connectivity index (χ0n) is 29.1. The molecule has 0 aromatic heterocycles. The highest BCUT2D eigenvalue weighted by Crippen LogP contribution is 2.58. The third-order valence-corrected chi connectivity index (χ3v) is 10.00. The zero-order valence-corrected chi connectivity index (χ0v) is 29.1. The number of hydrogen-bond acceptors (Lipinski definition) is 6. The van der Waals surface area contributed by atoms with Crippen LogP contribution in [-0.2, 0) is 19.1 Å². The van der Waals surface area contributed by atoms with E-state index >= 15 is 0 Å². The Morgan fingerprint density at radius 1 is 0.957 bits per heavy atom. The summed E-state index contributed by atoms with van der Waals surface area (Å²) >= 11 is 0. The van der Waals surface area contributed by atoms with Gasteiger partial charge < -0.3 is 29.3 Å². The van der Waals surface area contributed by atoms with Crippen LogP contribution in [0.1, 0.15) is 75.2 Å². The van der Waals surface area contributed by atoms with Crippen molar-refractivity contribution in [1.82, 2.24) is 9.80 Å². The number of fused-ring (bicyclic) bond motifs is 2. The lowest BCUT2D eigenvalue weighted by molar-refractivity contribution is -0.158. The van der Waals surface area contributed by atoms with Gasteiger partial charge >= 0.3 is 0 Å². The van der Waals surface area contributed by atoms with Crippen LogP contribution in [0.2, 0.25) is 0 Å². The van der Waals surface area contributed by atoms with Gasteiger partial charge in [-0.15, -0.1) is 0 Å². The third kappa shape index (κ3) is 5.78. The van der Waals surface area contributed by atoms with Crippen LogP contribution in [0.3, 0.4) is 0 Å². The normalized spacial score (nSPS) is 30.4. The minimum absolute atomic E-state index is 0.0530. The maximum Gasteiger partial charge on any atom is 0.249 e. The Labute approximate surface area is 274 Å². The van der Waals surface area contributed by atoms with Crippen LogP contribution in [0.4, 0.5) is 5.69 Å². The van der Waals surface area contributed by atoms with Crippen molar-refractivity contribution in [2.24, 2.45) is 23.2 Å². The van der Waals surface area contributed by atoms with Crippen molar-refractivity contribution >= 4 is 23.4 Å². The van der Waals surface area contributed by atoms with Crippen molar-refractivity contribution in [3.8, 4) is 5.75 Å². The molecule has 9 nitrogen and oxygen atoms in total. The molecule has 0 saturated carbocycles. The summed E-state index contributed by atoms with van der Waals surface area (Å²) in [5, 5.41) is 10.7. The lowest BCUT2D eigenvalue weighted by atomic mass is 9.74. The van der Waals surface area contributed by atoms with Gasteiger partial charge in [-0.05, 0) is 76.1 Å². The fourth-order valence-corrected chi connectivity index (χ4v) is 8.73. The van der Waals surface area contributed by atoms with Gasteiger partial charge in [0.1, 0.15) is 17.4 Å².